The van der Waals surface area contributed by atoms with Crippen molar-refractivity contribution in [2.45, 2.75) is 32.9 Å². The van der Waals surface area contributed by atoms with Crippen molar-refractivity contribution in [3.63, 3.8) is 0 Å². The first-order chi connectivity index (χ1) is 7.31. The number of hydrogen-bond donors (Lipinski definition) is 1. The highest BCUT2D eigenvalue weighted by Crippen LogP contribution is 2.18. The zero-order valence-corrected chi connectivity index (χ0v) is 9.55. The predicted molar refractivity (Wildman–Crippen MR) is 58.5 cm³/mol. The van der Waals surface area contributed by atoms with Crippen LogP contribution in [0.25, 0.3) is 0 Å². The molecule has 1 aliphatic rings. The molecule has 1 aromatic rings. The fraction of sp³-hybridized carbons (Fsp3) is 0.727. The first-order valence-corrected chi connectivity index (χ1v) is 5.62. The van der Waals surface area contributed by atoms with E-state index in [-0.39, 0.29) is 0 Å². The van der Waals surface area contributed by atoms with E-state index in [0.717, 1.165) is 24.5 Å². The van der Waals surface area contributed by atoms with E-state index in [1.807, 2.05) is 14.0 Å². The summed E-state index contributed by atoms with van der Waals surface area (Å²) in [5.74, 6) is 0.965. The first-order valence-electron chi connectivity index (χ1n) is 5.62. The van der Waals surface area contributed by atoms with Gasteiger partial charge >= 0.3 is 0 Å². The number of nitrogens with zero attached hydrogens (tertiary/aromatic N) is 2. The van der Waals surface area contributed by atoms with Gasteiger partial charge in [0.25, 0.3) is 0 Å². The van der Waals surface area contributed by atoms with Crippen LogP contribution in [0.2, 0.25) is 0 Å². The van der Waals surface area contributed by atoms with Crippen molar-refractivity contribution in [3.05, 3.63) is 17.0 Å². The van der Waals surface area contributed by atoms with Crippen LogP contribution in [0.3, 0.4) is 0 Å². The molecule has 0 saturated carbocycles. The molecule has 4 nitrogen and oxygen atoms in total. The molecule has 84 valence electrons. The van der Waals surface area contributed by atoms with Gasteiger partial charge in [0, 0.05) is 18.7 Å². The molecule has 0 aromatic carbocycles. The Hall–Kier alpha value is -0.870. The second-order valence-corrected chi connectivity index (χ2v) is 4.18. The van der Waals surface area contributed by atoms with Crippen LogP contribution in [-0.2, 0) is 13.1 Å². The highest BCUT2D eigenvalue weighted by molar-refractivity contribution is 5.22. The molecule has 0 bridgehead atoms. The third kappa shape index (κ3) is 2.38. The molecule has 1 aromatic heterocycles. The summed E-state index contributed by atoms with van der Waals surface area (Å²) in [5, 5.41) is 7.20. The lowest BCUT2D eigenvalue weighted by atomic mass is 10.2. The molecule has 0 amide bonds. The lowest BCUT2D eigenvalue weighted by Gasteiger charge is -2.14. The molecule has 0 spiro atoms. The number of hydrogen-bond acceptors (Lipinski definition) is 4. The zero-order valence-electron chi connectivity index (χ0n) is 9.55. The summed E-state index contributed by atoms with van der Waals surface area (Å²) < 4.78 is 5.24. The first kappa shape index (κ1) is 10.6. The van der Waals surface area contributed by atoms with E-state index in [9.17, 15) is 0 Å². The normalized spacial score (nSPS) is 17.5. The van der Waals surface area contributed by atoms with Gasteiger partial charge in [-0.05, 0) is 39.9 Å². The maximum absolute atomic E-state index is 5.24. The van der Waals surface area contributed by atoms with Crippen LogP contribution >= 0.6 is 0 Å². The summed E-state index contributed by atoms with van der Waals surface area (Å²) in [5.41, 5.74) is 2.33. The SMILES string of the molecule is CNCc1noc(C)c1CN1CCCC1. The fourth-order valence-corrected chi connectivity index (χ4v) is 2.11. The van der Waals surface area contributed by atoms with Gasteiger partial charge in [-0.3, -0.25) is 4.90 Å². The van der Waals surface area contributed by atoms with Gasteiger partial charge in [0.05, 0.1) is 0 Å². The lowest BCUT2D eigenvalue weighted by Crippen LogP contribution is -2.20. The number of likely N-dealkylation sites (tertiary alicyclic amines) is 1. The van der Waals surface area contributed by atoms with Crippen molar-refractivity contribution in [1.82, 2.24) is 15.4 Å². The average molecular weight is 209 g/mol. The van der Waals surface area contributed by atoms with Crippen molar-refractivity contribution in [2.24, 2.45) is 0 Å². The van der Waals surface area contributed by atoms with E-state index in [0.29, 0.717) is 0 Å². The third-order valence-corrected chi connectivity index (χ3v) is 2.99. The van der Waals surface area contributed by atoms with Gasteiger partial charge in [-0.1, -0.05) is 5.16 Å². The van der Waals surface area contributed by atoms with E-state index < -0.39 is 0 Å². The Balaban J connectivity index is 2.07. The Morgan fingerprint density at radius 2 is 2.13 bits per heavy atom. The molecule has 1 saturated heterocycles. The summed E-state index contributed by atoms with van der Waals surface area (Å²) in [4.78, 5) is 2.47. The Kier molecular flexibility index (Phi) is 3.38. The van der Waals surface area contributed by atoms with Gasteiger partial charge in [-0.15, -0.1) is 0 Å². The molecule has 0 atom stereocenters. The van der Waals surface area contributed by atoms with Crippen LogP contribution in [0.5, 0.6) is 0 Å². The standard InChI is InChI=1S/C11H19N3O/c1-9-10(8-14-5-3-4-6-14)11(7-12-2)13-15-9/h12H,3-8H2,1-2H3. The predicted octanol–water partition coefficient (Wildman–Crippen LogP) is 1.30. The highest BCUT2D eigenvalue weighted by Gasteiger charge is 2.18. The molecule has 0 radical (unpaired) electrons. The summed E-state index contributed by atoms with van der Waals surface area (Å²) in [6.07, 6.45) is 2.65. The maximum atomic E-state index is 5.24. The van der Waals surface area contributed by atoms with E-state index in [1.165, 1.54) is 31.5 Å². The molecular weight excluding hydrogens is 190 g/mol. The number of rotatable bonds is 4. The van der Waals surface area contributed by atoms with Gasteiger partial charge in [-0.2, -0.15) is 0 Å². The van der Waals surface area contributed by atoms with Crippen molar-refractivity contribution in [1.29, 1.82) is 0 Å². The zero-order chi connectivity index (χ0) is 10.7. The second-order valence-electron chi connectivity index (χ2n) is 4.18. The van der Waals surface area contributed by atoms with E-state index in [4.69, 9.17) is 4.52 Å². The molecule has 0 aliphatic carbocycles. The molecule has 4 heteroatoms. The second kappa shape index (κ2) is 4.77. The molecule has 2 heterocycles. The van der Waals surface area contributed by atoms with Gasteiger partial charge in [0.15, 0.2) is 0 Å². The fourth-order valence-electron chi connectivity index (χ4n) is 2.11. The monoisotopic (exact) mass is 209 g/mol. The molecule has 1 aliphatic heterocycles. The lowest BCUT2D eigenvalue weighted by molar-refractivity contribution is 0.326. The van der Waals surface area contributed by atoms with E-state index in [2.05, 4.69) is 15.4 Å². The summed E-state index contributed by atoms with van der Waals surface area (Å²) in [7, 11) is 1.93. The molecule has 15 heavy (non-hydrogen) atoms. The minimum atomic E-state index is 0.792. The van der Waals surface area contributed by atoms with Crippen LogP contribution in [0, 0.1) is 6.92 Å². The highest BCUT2D eigenvalue weighted by atomic mass is 16.5. The Morgan fingerprint density at radius 3 is 2.80 bits per heavy atom. The largest absolute Gasteiger partial charge is 0.361 e. The van der Waals surface area contributed by atoms with Gasteiger partial charge in [-0.25, -0.2) is 0 Å². The Labute approximate surface area is 90.6 Å². The van der Waals surface area contributed by atoms with Crippen molar-refractivity contribution >= 4 is 0 Å². The van der Waals surface area contributed by atoms with Crippen LogP contribution in [0.15, 0.2) is 4.52 Å². The number of aromatic nitrogens is 1. The molecular formula is C11H19N3O. The molecule has 1 fully saturated rings. The summed E-state index contributed by atoms with van der Waals surface area (Å²) >= 11 is 0. The van der Waals surface area contributed by atoms with Gasteiger partial charge in [0.1, 0.15) is 11.5 Å². The van der Waals surface area contributed by atoms with Crippen molar-refractivity contribution in [2.75, 3.05) is 20.1 Å². The third-order valence-electron chi connectivity index (χ3n) is 2.99. The molecule has 0 unspecified atom stereocenters. The maximum Gasteiger partial charge on any atom is 0.138 e. The Bertz CT molecular complexity index is 316. The van der Waals surface area contributed by atoms with Crippen LogP contribution < -0.4 is 5.32 Å². The van der Waals surface area contributed by atoms with E-state index in [1.54, 1.807) is 0 Å². The van der Waals surface area contributed by atoms with Gasteiger partial charge < -0.3 is 9.84 Å². The van der Waals surface area contributed by atoms with Gasteiger partial charge in [0.2, 0.25) is 0 Å². The summed E-state index contributed by atoms with van der Waals surface area (Å²) in [6, 6.07) is 0. The van der Waals surface area contributed by atoms with E-state index >= 15 is 0 Å². The average Bonchev–Trinajstić information content (AvgIpc) is 2.83. The van der Waals surface area contributed by atoms with Crippen LogP contribution in [0.4, 0.5) is 0 Å². The smallest absolute Gasteiger partial charge is 0.138 e. The minimum Gasteiger partial charge on any atom is -0.361 e. The van der Waals surface area contributed by atoms with Crippen LogP contribution in [-0.4, -0.2) is 30.2 Å². The number of nitrogens with one attached hydrogen (secondary N) is 1. The topological polar surface area (TPSA) is 41.3 Å². The quantitative estimate of drug-likeness (QED) is 0.811. The minimum absolute atomic E-state index is 0.792. The Morgan fingerprint density at radius 1 is 1.40 bits per heavy atom. The van der Waals surface area contributed by atoms with Crippen molar-refractivity contribution < 1.29 is 4.52 Å². The molecule has 1 N–H and O–H groups in total. The van der Waals surface area contributed by atoms with Crippen molar-refractivity contribution in [3.8, 4) is 0 Å². The van der Waals surface area contributed by atoms with Crippen LogP contribution in [0.1, 0.15) is 29.9 Å². The number of aryl methyl sites for hydroxylation is 1. The molecule has 2 rings (SSSR count). The summed E-state index contributed by atoms with van der Waals surface area (Å²) in [6.45, 7) is 6.21.